The van der Waals surface area contributed by atoms with Crippen LogP contribution in [0.25, 0.3) is 0 Å². The lowest BCUT2D eigenvalue weighted by Gasteiger charge is -2.00. The summed E-state index contributed by atoms with van der Waals surface area (Å²) in [6.45, 7) is 0. The summed E-state index contributed by atoms with van der Waals surface area (Å²) < 4.78 is 25.3. The topological polar surface area (TPSA) is 20.2 Å². The van der Waals surface area contributed by atoms with E-state index in [4.69, 9.17) is 16.7 Å². The molecule has 1 N–H and O–H groups in total. The van der Waals surface area contributed by atoms with Crippen molar-refractivity contribution < 1.29 is 13.9 Å². The predicted octanol–water partition coefficient (Wildman–Crippen LogP) is 2.93. The Morgan fingerprint density at radius 2 is 2.00 bits per heavy atom. The van der Waals surface area contributed by atoms with Crippen LogP contribution in [0.3, 0.4) is 0 Å². The molecule has 60 valence electrons. The molecule has 11 heavy (non-hydrogen) atoms. The number of aromatic hydroxyl groups is 1. The Labute approximate surface area is 80.1 Å². The first-order chi connectivity index (χ1) is 5.04. The van der Waals surface area contributed by atoms with Gasteiger partial charge in [-0.25, -0.2) is 8.78 Å². The van der Waals surface area contributed by atoms with E-state index in [2.05, 4.69) is 0 Å². The van der Waals surface area contributed by atoms with Crippen molar-refractivity contribution in [3.63, 3.8) is 0 Å². The minimum absolute atomic E-state index is 0.233. The summed E-state index contributed by atoms with van der Waals surface area (Å²) in [4.78, 5) is 0. The van der Waals surface area contributed by atoms with Crippen molar-refractivity contribution in [1.82, 2.24) is 0 Å². The highest BCUT2D eigenvalue weighted by molar-refractivity contribution is 14.1. The smallest absolute Gasteiger partial charge is 0.189 e. The average Bonchev–Trinajstić information content (AvgIpc) is 1.97. The third-order valence-corrected chi connectivity index (χ3v) is 2.63. The zero-order valence-electron chi connectivity index (χ0n) is 5.04. The molecule has 1 nitrogen and oxygen atoms in total. The minimum Gasteiger partial charge on any atom is -0.503 e. The molecule has 0 aliphatic rings. The van der Waals surface area contributed by atoms with Crippen LogP contribution in [0.1, 0.15) is 0 Å². The summed E-state index contributed by atoms with van der Waals surface area (Å²) in [7, 11) is 0. The molecule has 0 aromatic heterocycles. The number of halogens is 4. The minimum atomic E-state index is -1.11. The van der Waals surface area contributed by atoms with E-state index in [0.717, 1.165) is 6.07 Å². The van der Waals surface area contributed by atoms with E-state index in [1.807, 2.05) is 0 Å². The molecule has 0 saturated carbocycles. The first-order valence-electron chi connectivity index (χ1n) is 2.56. The standard InChI is InChI=1S/C6H2ClF2IO/c7-4-3(10)1-2(8)6(11)5(4)9/h1,11H. The van der Waals surface area contributed by atoms with Gasteiger partial charge in [0.2, 0.25) is 0 Å². The molecule has 0 spiro atoms. The molecule has 1 aromatic rings. The van der Waals surface area contributed by atoms with Crippen LogP contribution < -0.4 is 0 Å². The van der Waals surface area contributed by atoms with Gasteiger partial charge in [0.25, 0.3) is 0 Å². The maximum atomic E-state index is 12.6. The Morgan fingerprint density at radius 1 is 1.45 bits per heavy atom. The third-order valence-electron chi connectivity index (χ3n) is 1.09. The van der Waals surface area contributed by atoms with Gasteiger partial charge in [0, 0.05) is 3.57 Å². The summed E-state index contributed by atoms with van der Waals surface area (Å²) in [6, 6.07) is 0.960. The quantitative estimate of drug-likeness (QED) is 0.442. The van der Waals surface area contributed by atoms with Crippen molar-refractivity contribution in [2.24, 2.45) is 0 Å². The zero-order valence-corrected chi connectivity index (χ0v) is 7.95. The number of rotatable bonds is 0. The first kappa shape index (κ1) is 8.99. The van der Waals surface area contributed by atoms with E-state index in [1.54, 1.807) is 22.6 Å². The Bertz CT molecular complexity index is 277. The lowest BCUT2D eigenvalue weighted by molar-refractivity contribution is 0.396. The third kappa shape index (κ3) is 1.56. The van der Waals surface area contributed by atoms with E-state index in [1.165, 1.54) is 0 Å². The lowest BCUT2D eigenvalue weighted by Crippen LogP contribution is -1.87. The highest BCUT2D eigenvalue weighted by atomic mass is 127. The molecule has 5 heteroatoms. The molecule has 0 radical (unpaired) electrons. The first-order valence-corrected chi connectivity index (χ1v) is 4.01. The van der Waals surface area contributed by atoms with Gasteiger partial charge in [-0.1, -0.05) is 11.6 Å². The molecule has 0 bridgehead atoms. The van der Waals surface area contributed by atoms with Gasteiger partial charge >= 0.3 is 0 Å². The summed E-state index contributed by atoms with van der Waals surface area (Å²) in [5.74, 6) is -3.15. The highest BCUT2D eigenvalue weighted by Crippen LogP contribution is 2.30. The maximum absolute atomic E-state index is 12.6. The second-order valence-electron chi connectivity index (χ2n) is 1.82. The van der Waals surface area contributed by atoms with Gasteiger partial charge in [-0.2, -0.15) is 0 Å². The lowest BCUT2D eigenvalue weighted by atomic mass is 10.3. The number of hydrogen-bond acceptors (Lipinski definition) is 1. The van der Waals surface area contributed by atoms with Crippen LogP contribution in [-0.4, -0.2) is 5.11 Å². The molecule has 0 aliphatic heterocycles. The second kappa shape index (κ2) is 3.10. The molecular weight excluding hydrogens is 288 g/mol. The SMILES string of the molecule is Oc1c(F)cc(I)c(Cl)c1F. The van der Waals surface area contributed by atoms with E-state index >= 15 is 0 Å². The Hall–Kier alpha value is -0.100. The van der Waals surface area contributed by atoms with E-state index in [0.29, 0.717) is 0 Å². The monoisotopic (exact) mass is 290 g/mol. The van der Waals surface area contributed by atoms with Gasteiger partial charge in [0.15, 0.2) is 17.4 Å². The molecule has 0 amide bonds. The fourth-order valence-electron chi connectivity index (χ4n) is 0.557. The van der Waals surface area contributed by atoms with Crippen molar-refractivity contribution in [3.05, 3.63) is 26.3 Å². The Kier molecular flexibility index (Phi) is 2.54. The fourth-order valence-corrected chi connectivity index (χ4v) is 1.21. The summed E-state index contributed by atoms with van der Waals surface area (Å²) in [5.41, 5.74) is 0. The van der Waals surface area contributed by atoms with Crippen molar-refractivity contribution in [2.45, 2.75) is 0 Å². The second-order valence-corrected chi connectivity index (χ2v) is 3.36. The van der Waals surface area contributed by atoms with Crippen molar-refractivity contribution in [3.8, 4) is 5.75 Å². The molecule has 0 saturated heterocycles. The van der Waals surface area contributed by atoms with E-state index in [9.17, 15) is 8.78 Å². The number of benzene rings is 1. The van der Waals surface area contributed by atoms with Crippen LogP contribution in [0.15, 0.2) is 6.07 Å². The molecule has 0 aliphatic carbocycles. The fraction of sp³-hybridized carbons (Fsp3) is 0. The van der Waals surface area contributed by atoms with Gasteiger partial charge in [-0.05, 0) is 28.7 Å². The van der Waals surface area contributed by atoms with Gasteiger partial charge in [0.05, 0.1) is 5.02 Å². The van der Waals surface area contributed by atoms with Crippen LogP contribution in [-0.2, 0) is 0 Å². The van der Waals surface area contributed by atoms with Gasteiger partial charge < -0.3 is 5.11 Å². The normalized spacial score (nSPS) is 10.2. The number of phenols is 1. The van der Waals surface area contributed by atoms with Gasteiger partial charge in [-0.15, -0.1) is 0 Å². The molecule has 0 atom stereocenters. The van der Waals surface area contributed by atoms with Crippen molar-refractivity contribution in [2.75, 3.05) is 0 Å². The van der Waals surface area contributed by atoms with Crippen LogP contribution in [0.5, 0.6) is 5.75 Å². The van der Waals surface area contributed by atoms with Crippen LogP contribution in [0.2, 0.25) is 5.02 Å². The molecule has 1 aromatic carbocycles. The Balaban J connectivity index is 3.46. The largest absolute Gasteiger partial charge is 0.503 e. The van der Waals surface area contributed by atoms with Crippen LogP contribution in [0, 0.1) is 15.2 Å². The molecule has 0 unspecified atom stereocenters. The average molecular weight is 290 g/mol. The van der Waals surface area contributed by atoms with Crippen LogP contribution in [0.4, 0.5) is 8.78 Å². The summed E-state index contributed by atoms with van der Waals surface area (Å²) >= 11 is 7.01. The number of phenolic OH excluding ortho intramolecular Hbond substituents is 1. The zero-order chi connectivity index (χ0) is 8.59. The number of hydrogen-bond donors (Lipinski definition) is 1. The molecule has 1 rings (SSSR count). The Morgan fingerprint density at radius 3 is 2.55 bits per heavy atom. The molecule has 0 fully saturated rings. The summed E-state index contributed by atoms with van der Waals surface area (Å²) in [6.07, 6.45) is 0. The molecule has 0 heterocycles. The highest BCUT2D eigenvalue weighted by Gasteiger charge is 2.14. The van der Waals surface area contributed by atoms with E-state index in [-0.39, 0.29) is 8.59 Å². The van der Waals surface area contributed by atoms with E-state index < -0.39 is 17.4 Å². The van der Waals surface area contributed by atoms with Crippen LogP contribution >= 0.6 is 34.2 Å². The van der Waals surface area contributed by atoms with Gasteiger partial charge in [-0.3, -0.25) is 0 Å². The van der Waals surface area contributed by atoms with Crippen molar-refractivity contribution >= 4 is 34.2 Å². The predicted molar refractivity (Wildman–Crippen MR) is 45.7 cm³/mol. The molecular formula is C6H2ClF2IO. The summed E-state index contributed by atoms with van der Waals surface area (Å²) in [5, 5.41) is 8.41. The maximum Gasteiger partial charge on any atom is 0.189 e. The van der Waals surface area contributed by atoms with Crippen molar-refractivity contribution in [1.29, 1.82) is 0 Å². The van der Waals surface area contributed by atoms with Gasteiger partial charge in [0.1, 0.15) is 0 Å².